The second-order valence-corrected chi connectivity index (χ2v) is 13.1. The summed E-state index contributed by atoms with van der Waals surface area (Å²) < 4.78 is 36.2. The molecule has 3 rings (SSSR count). The van der Waals surface area contributed by atoms with Crippen LogP contribution in [0.5, 0.6) is 17.2 Å². The van der Waals surface area contributed by atoms with Gasteiger partial charge in [-0.1, -0.05) is 0 Å². The molecule has 1 aliphatic rings. The molecule has 1 fully saturated rings. The molecule has 17 heteroatoms. The second kappa shape index (κ2) is 17.5. The minimum atomic E-state index is -3.33. The lowest BCUT2D eigenvalue weighted by molar-refractivity contribution is -0.139. The van der Waals surface area contributed by atoms with Crippen LogP contribution in [0.1, 0.15) is 25.7 Å². The lowest BCUT2D eigenvalue weighted by Crippen LogP contribution is -2.49. The topological polar surface area (TPSA) is 254 Å². The molecule has 0 aliphatic carbocycles. The minimum Gasteiger partial charge on any atom is -0.457 e. The number of carbonyl (C=O) groups excluding carboxylic acids is 2. The van der Waals surface area contributed by atoms with Crippen molar-refractivity contribution in [3.05, 3.63) is 48.5 Å². The molecule has 44 heavy (non-hydrogen) atoms. The van der Waals surface area contributed by atoms with Gasteiger partial charge in [0.25, 0.3) is 0 Å². The van der Waals surface area contributed by atoms with Crippen molar-refractivity contribution in [2.24, 2.45) is 38.7 Å². The number of hydrogen-bond acceptors (Lipinski definition) is 10. The summed E-state index contributed by atoms with van der Waals surface area (Å²) >= 11 is 1.63. The first-order chi connectivity index (χ1) is 20.4. The molecule has 0 aromatic heterocycles. The molecule has 2 aromatic rings. The number of hydrogen-bond donors (Lipinski definition) is 6. The molecule has 11 N–H and O–H groups in total. The summed E-state index contributed by atoms with van der Waals surface area (Å²) in [4.78, 5) is 33.7. The van der Waals surface area contributed by atoms with Crippen LogP contribution in [0, 0.1) is 0 Å². The molecule has 3 atom stereocenters. The van der Waals surface area contributed by atoms with Gasteiger partial charge >= 0.3 is 5.97 Å². The Morgan fingerprint density at radius 2 is 1.39 bits per heavy atom. The van der Waals surface area contributed by atoms with Crippen molar-refractivity contribution in [2.75, 3.05) is 24.6 Å². The fourth-order valence-electron chi connectivity index (χ4n) is 3.80. The van der Waals surface area contributed by atoms with Gasteiger partial charge in [-0.2, -0.15) is 11.8 Å². The van der Waals surface area contributed by atoms with Crippen molar-refractivity contribution in [1.29, 1.82) is 0 Å². The van der Waals surface area contributed by atoms with Gasteiger partial charge in [0.05, 0.1) is 16.7 Å². The molecular weight excluding hydrogens is 632 g/mol. The average Bonchev–Trinajstić information content (AvgIpc) is 3.77. The van der Waals surface area contributed by atoms with Crippen molar-refractivity contribution in [2.45, 2.75) is 47.9 Å². The lowest BCUT2D eigenvalue weighted by atomic mass is 10.1. The Morgan fingerprint density at radius 1 is 0.886 bits per heavy atom. The summed E-state index contributed by atoms with van der Waals surface area (Å²) in [6, 6.07) is 10.6. The van der Waals surface area contributed by atoms with E-state index in [0.29, 0.717) is 37.3 Å². The Morgan fingerprint density at radius 3 is 1.91 bits per heavy atom. The number of rotatable bonds is 17. The number of nitrogens with two attached hydrogens (primary N) is 5. The zero-order valence-electron chi connectivity index (χ0n) is 24.0. The number of aliphatic imine (C=N–C) groups is 2. The molecule has 2 aromatic carbocycles. The van der Waals surface area contributed by atoms with Crippen LogP contribution in [0.15, 0.2) is 63.4 Å². The summed E-state index contributed by atoms with van der Waals surface area (Å²) in [5, 5.41) is 2.82. The maximum absolute atomic E-state index is 13.0. The van der Waals surface area contributed by atoms with Gasteiger partial charge in [-0.3, -0.25) is 14.8 Å². The zero-order valence-corrected chi connectivity index (χ0v) is 26.4. The Bertz CT molecular complexity index is 1400. The Hall–Kier alpha value is -3.73. The predicted molar refractivity (Wildman–Crippen MR) is 174 cm³/mol. The van der Waals surface area contributed by atoms with Crippen molar-refractivity contribution in [3.63, 3.8) is 0 Å². The van der Waals surface area contributed by atoms with E-state index in [4.69, 9.17) is 38.1 Å². The van der Waals surface area contributed by atoms with E-state index in [-0.39, 0.29) is 58.9 Å². The average molecular weight is 671 g/mol. The number of nitrogens with one attached hydrogen (secondary N) is 1. The number of thioether (sulfide) groups is 1. The first-order valence-electron chi connectivity index (χ1n) is 13.5. The third kappa shape index (κ3) is 12.9. The molecule has 14 nitrogen and oxygen atoms in total. The Labute approximate surface area is 266 Å². The van der Waals surface area contributed by atoms with Gasteiger partial charge in [0.1, 0.15) is 23.3 Å². The van der Waals surface area contributed by atoms with Gasteiger partial charge in [-0.05, 0) is 74.2 Å². The van der Waals surface area contributed by atoms with Crippen LogP contribution in [0.3, 0.4) is 0 Å². The first kappa shape index (κ1) is 36.5. The lowest BCUT2D eigenvalue weighted by Gasteiger charge is -2.20. The third-order valence-corrected chi connectivity index (χ3v) is 9.13. The molecule has 0 bridgehead atoms. The Balaban J connectivity index is 0.00000675. The fraction of sp³-hybridized carbons (Fsp3) is 0.407. The number of amides is 1. The molecule has 1 unspecified atom stereocenters. The normalized spacial score (nSPS) is 15.1. The molecule has 0 spiro atoms. The molecule has 0 saturated carbocycles. The third-order valence-electron chi connectivity index (χ3n) is 6.12. The summed E-state index contributed by atoms with van der Waals surface area (Å²) in [7, 11) is -3.33. The van der Waals surface area contributed by atoms with Crippen LogP contribution in [0.2, 0.25) is 0 Å². The summed E-state index contributed by atoms with van der Waals surface area (Å²) in [5.74, 6) is 0.767. The molecule has 0 radical (unpaired) electrons. The number of carbonyl (C=O) groups is 2. The van der Waals surface area contributed by atoms with Crippen LogP contribution < -0.4 is 43.5 Å². The molecule has 1 heterocycles. The zero-order chi connectivity index (χ0) is 31.4. The van der Waals surface area contributed by atoms with Crippen molar-refractivity contribution in [1.82, 2.24) is 5.32 Å². The highest BCUT2D eigenvalue weighted by atomic mass is 35.5. The van der Waals surface area contributed by atoms with E-state index in [1.165, 1.54) is 24.3 Å². The van der Waals surface area contributed by atoms with Crippen LogP contribution >= 0.6 is 24.2 Å². The number of benzene rings is 2. The number of ether oxygens (including phenoxy) is 2. The SMILES string of the molecule is Cl.NC(N)=NCCC[C@H](NC(=O)[C@@H](N)CCCN=C(N)N)C(=O)Oc1ccc(Oc2ccc(S(=O)(=O)CC3CS3)cc2)cc1. The van der Waals surface area contributed by atoms with Crippen LogP contribution in [0.25, 0.3) is 0 Å². The summed E-state index contributed by atoms with van der Waals surface area (Å²) in [6.07, 6.45) is 1.37. The van der Waals surface area contributed by atoms with E-state index in [1.54, 1.807) is 36.0 Å². The van der Waals surface area contributed by atoms with E-state index < -0.39 is 33.8 Å². The van der Waals surface area contributed by atoms with E-state index in [9.17, 15) is 18.0 Å². The molecule has 1 aliphatic heterocycles. The molecule has 1 saturated heterocycles. The van der Waals surface area contributed by atoms with Gasteiger partial charge in [0.2, 0.25) is 5.91 Å². The second-order valence-electron chi connectivity index (χ2n) is 9.77. The van der Waals surface area contributed by atoms with E-state index in [0.717, 1.165) is 5.75 Å². The maximum atomic E-state index is 13.0. The molecule has 242 valence electrons. The number of guanidine groups is 2. The smallest absolute Gasteiger partial charge is 0.334 e. The minimum absolute atomic E-state index is 0. The summed E-state index contributed by atoms with van der Waals surface area (Å²) in [5.41, 5.74) is 27.3. The Kier molecular flexibility index (Phi) is 14.5. The maximum Gasteiger partial charge on any atom is 0.334 e. The van der Waals surface area contributed by atoms with Crippen molar-refractivity contribution >= 4 is 57.8 Å². The van der Waals surface area contributed by atoms with Gasteiger partial charge in [0.15, 0.2) is 21.8 Å². The first-order valence-corrected chi connectivity index (χ1v) is 16.2. The van der Waals surface area contributed by atoms with Crippen LogP contribution in [-0.2, 0) is 19.4 Å². The van der Waals surface area contributed by atoms with E-state index in [1.807, 2.05) is 0 Å². The summed E-state index contributed by atoms with van der Waals surface area (Å²) in [6.45, 7) is 0.574. The standard InChI is InChI=1S/C27H38N8O6S2.ClH/c28-22(3-1-13-33-26(29)30)24(36)35-23(4-2-14-34-27(31)32)25(37)41-19-7-5-17(6-8-19)40-18-9-11-21(12-10-18)43(38,39)16-20-15-42-20;/h5-12,20,22-23H,1-4,13-16,28H2,(H,35,36)(H4,29,30,33)(H4,31,32,34);1H/t20?,22-,23-;/m0./s1. The van der Waals surface area contributed by atoms with Gasteiger partial charge < -0.3 is 43.5 Å². The van der Waals surface area contributed by atoms with Crippen molar-refractivity contribution < 1.29 is 27.5 Å². The van der Waals surface area contributed by atoms with Gasteiger partial charge in [-0.25, -0.2) is 13.2 Å². The highest BCUT2D eigenvalue weighted by molar-refractivity contribution is 8.08. The highest BCUT2D eigenvalue weighted by Gasteiger charge is 2.30. The number of halogens is 1. The van der Waals surface area contributed by atoms with E-state index in [2.05, 4.69) is 15.3 Å². The van der Waals surface area contributed by atoms with Gasteiger partial charge in [-0.15, -0.1) is 12.4 Å². The van der Waals surface area contributed by atoms with E-state index >= 15 is 0 Å². The quantitative estimate of drug-likeness (QED) is 0.0338. The van der Waals surface area contributed by atoms with Crippen molar-refractivity contribution in [3.8, 4) is 17.2 Å². The monoisotopic (exact) mass is 670 g/mol. The largest absolute Gasteiger partial charge is 0.457 e. The number of nitrogens with zero attached hydrogens (tertiary/aromatic N) is 2. The van der Waals surface area contributed by atoms with Crippen LogP contribution in [0.4, 0.5) is 0 Å². The fourth-order valence-corrected chi connectivity index (χ4v) is 6.48. The highest BCUT2D eigenvalue weighted by Crippen LogP contribution is 2.33. The number of esters is 1. The van der Waals surface area contributed by atoms with Crippen LogP contribution in [-0.4, -0.2) is 74.1 Å². The molecular formula is C27H39ClN8O6S2. The number of sulfone groups is 1. The predicted octanol–water partition coefficient (Wildman–Crippen LogP) is 0.615. The molecule has 1 amide bonds. The van der Waals surface area contributed by atoms with Gasteiger partial charge in [0, 0.05) is 24.1 Å².